The van der Waals surface area contributed by atoms with Crippen LogP contribution in [-0.4, -0.2) is 41.5 Å². The highest BCUT2D eigenvalue weighted by Gasteiger charge is 2.22. The van der Waals surface area contributed by atoms with E-state index in [9.17, 15) is 4.79 Å². The Kier molecular flexibility index (Phi) is 5.16. The second-order valence-electron chi connectivity index (χ2n) is 4.71. The summed E-state index contributed by atoms with van der Waals surface area (Å²) < 4.78 is 6.68. The molecule has 0 bridgehead atoms. The molecule has 0 N–H and O–H groups in total. The Morgan fingerprint density at radius 1 is 1.37 bits per heavy atom. The molecule has 1 aromatic rings. The summed E-state index contributed by atoms with van der Waals surface area (Å²) in [6.07, 6.45) is 0.0535. The Morgan fingerprint density at radius 3 is 2.68 bits per heavy atom. The van der Waals surface area contributed by atoms with Gasteiger partial charge in [-0.3, -0.25) is 4.79 Å². The van der Waals surface area contributed by atoms with E-state index in [2.05, 4.69) is 15.9 Å². The van der Waals surface area contributed by atoms with Crippen LogP contribution in [0.3, 0.4) is 0 Å². The fraction of sp³-hybridized carbons (Fsp3) is 0.500. The molecule has 0 unspecified atom stereocenters. The third kappa shape index (κ3) is 3.89. The summed E-state index contributed by atoms with van der Waals surface area (Å²) in [5, 5.41) is 0. The summed E-state index contributed by atoms with van der Waals surface area (Å²) >= 11 is 5.32. The highest BCUT2D eigenvalue weighted by Crippen LogP contribution is 2.26. The van der Waals surface area contributed by atoms with Crippen molar-refractivity contribution < 1.29 is 9.53 Å². The lowest BCUT2D eigenvalue weighted by Crippen LogP contribution is -2.38. The first-order chi connectivity index (χ1) is 9.08. The summed E-state index contributed by atoms with van der Waals surface area (Å²) in [5.41, 5.74) is 0.656. The van der Waals surface area contributed by atoms with E-state index in [0.717, 1.165) is 29.1 Å². The predicted octanol–water partition coefficient (Wildman–Crippen LogP) is 3.43. The van der Waals surface area contributed by atoms with E-state index in [0.29, 0.717) is 11.3 Å². The fourth-order valence-corrected chi connectivity index (χ4v) is 3.20. The minimum atomic E-state index is 0.0535. The van der Waals surface area contributed by atoms with E-state index < -0.39 is 0 Å². The van der Waals surface area contributed by atoms with E-state index in [1.807, 2.05) is 48.7 Å². The van der Waals surface area contributed by atoms with Crippen molar-refractivity contribution in [3.05, 3.63) is 28.2 Å². The molecule has 0 spiro atoms. The molecule has 1 aliphatic heterocycles. The third-order valence-electron chi connectivity index (χ3n) is 2.84. The summed E-state index contributed by atoms with van der Waals surface area (Å²) in [4.78, 5) is 14.4. The maximum atomic E-state index is 12.5. The maximum Gasteiger partial charge on any atom is 0.257 e. The minimum Gasteiger partial charge on any atom is -0.490 e. The lowest BCUT2D eigenvalue weighted by Gasteiger charge is -2.27. The van der Waals surface area contributed by atoms with Crippen molar-refractivity contribution in [3.63, 3.8) is 0 Å². The molecule has 0 atom stereocenters. The van der Waals surface area contributed by atoms with E-state index in [1.165, 1.54) is 0 Å². The van der Waals surface area contributed by atoms with Crippen molar-refractivity contribution in [1.29, 1.82) is 0 Å². The van der Waals surface area contributed by atoms with Gasteiger partial charge >= 0.3 is 0 Å². The number of rotatable bonds is 3. The number of thioether (sulfide) groups is 1. The molecule has 3 nitrogen and oxygen atoms in total. The Labute approximate surface area is 126 Å². The average Bonchev–Trinajstić information content (AvgIpc) is 2.38. The minimum absolute atomic E-state index is 0.0535. The van der Waals surface area contributed by atoms with Gasteiger partial charge in [-0.05, 0) is 32.0 Å². The molecule has 2 rings (SSSR count). The Hall–Kier alpha value is -0.680. The number of benzene rings is 1. The zero-order chi connectivity index (χ0) is 13.8. The van der Waals surface area contributed by atoms with Gasteiger partial charge in [0.15, 0.2) is 0 Å². The lowest BCUT2D eigenvalue weighted by molar-refractivity contribution is 0.0766. The SMILES string of the molecule is CC(C)Oc1cc(Br)ccc1C(=O)N1CCSCC1. The number of ether oxygens (including phenoxy) is 1. The topological polar surface area (TPSA) is 29.5 Å². The highest BCUT2D eigenvalue weighted by molar-refractivity contribution is 9.10. The zero-order valence-corrected chi connectivity index (χ0v) is 13.6. The zero-order valence-electron chi connectivity index (χ0n) is 11.2. The van der Waals surface area contributed by atoms with Gasteiger partial charge in [-0.1, -0.05) is 15.9 Å². The van der Waals surface area contributed by atoms with Crippen LogP contribution in [0.25, 0.3) is 0 Å². The fourth-order valence-electron chi connectivity index (χ4n) is 1.96. The Morgan fingerprint density at radius 2 is 2.05 bits per heavy atom. The van der Waals surface area contributed by atoms with Crippen LogP contribution >= 0.6 is 27.7 Å². The van der Waals surface area contributed by atoms with Crippen molar-refractivity contribution >= 4 is 33.6 Å². The number of nitrogens with zero attached hydrogens (tertiary/aromatic N) is 1. The number of carbonyl (C=O) groups excluding carboxylic acids is 1. The van der Waals surface area contributed by atoms with E-state index in [-0.39, 0.29) is 12.0 Å². The van der Waals surface area contributed by atoms with Gasteiger partial charge in [0, 0.05) is 29.1 Å². The van der Waals surface area contributed by atoms with Crippen LogP contribution in [0, 0.1) is 0 Å². The van der Waals surface area contributed by atoms with Gasteiger partial charge in [-0.15, -0.1) is 0 Å². The summed E-state index contributed by atoms with van der Waals surface area (Å²) in [5.74, 6) is 2.77. The van der Waals surface area contributed by atoms with Crippen LogP contribution in [0.1, 0.15) is 24.2 Å². The van der Waals surface area contributed by atoms with Crippen LogP contribution in [0.15, 0.2) is 22.7 Å². The normalized spacial score (nSPS) is 15.7. The molecule has 1 aliphatic rings. The first-order valence-electron chi connectivity index (χ1n) is 6.41. The molecule has 1 amide bonds. The number of amides is 1. The van der Waals surface area contributed by atoms with E-state index in [1.54, 1.807) is 0 Å². The molecule has 1 heterocycles. The first kappa shape index (κ1) is 14.7. The van der Waals surface area contributed by atoms with Gasteiger partial charge in [0.2, 0.25) is 0 Å². The van der Waals surface area contributed by atoms with Gasteiger partial charge in [0.25, 0.3) is 5.91 Å². The molecule has 1 aromatic carbocycles. The number of hydrogen-bond acceptors (Lipinski definition) is 3. The summed E-state index contributed by atoms with van der Waals surface area (Å²) in [6.45, 7) is 5.57. The van der Waals surface area contributed by atoms with Crippen LogP contribution < -0.4 is 4.74 Å². The van der Waals surface area contributed by atoms with Gasteiger partial charge in [0.1, 0.15) is 5.75 Å². The first-order valence-corrected chi connectivity index (χ1v) is 8.36. The van der Waals surface area contributed by atoms with Crippen LogP contribution in [0.2, 0.25) is 0 Å². The van der Waals surface area contributed by atoms with Crippen molar-refractivity contribution in [3.8, 4) is 5.75 Å². The molecular formula is C14H18BrNO2S. The predicted molar refractivity (Wildman–Crippen MR) is 83.1 cm³/mol. The molecule has 0 radical (unpaired) electrons. The molecule has 0 saturated carbocycles. The molecule has 1 saturated heterocycles. The van der Waals surface area contributed by atoms with Crippen molar-refractivity contribution in [1.82, 2.24) is 4.90 Å². The van der Waals surface area contributed by atoms with Gasteiger partial charge in [-0.25, -0.2) is 0 Å². The number of carbonyl (C=O) groups is 1. The number of halogens is 1. The summed E-state index contributed by atoms with van der Waals surface area (Å²) in [6, 6.07) is 5.59. The molecule has 104 valence electrons. The van der Waals surface area contributed by atoms with Crippen molar-refractivity contribution in [2.45, 2.75) is 20.0 Å². The largest absolute Gasteiger partial charge is 0.490 e. The van der Waals surface area contributed by atoms with Crippen molar-refractivity contribution in [2.24, 2.45) is 0 Å². The Bertz CT molecular complexity index is 459. The molecule has 5 heteroatoms. The van der Waals surface area contributed by atoms with E-state index >= 15 is 0 Å². The van der Waals surface area contributed by atoms with Gasteiger partial charge < -0.3 is 9.64 Å². The number of hydrogen-bond donors (Lipinski definition) is 0. The third-order valence-corrected chi connectivity index (χ3v) is 4.27. The van der Waals surface area contributed by atoms with Crippen molar-refractivity contribution in [2.75, 3.05) is 24.6 Å². The monoisotopic (exact) mass is 343 g/mol. The second-order valence-corrected chi connectivity index (χ2v) is 6.85. The smallest absolute Gasteiger partial charge is 0.257 e. The quantitative estimate of drug-likeness (QED) is 0.841. The average molecular weight is 344 g/mol. The molecule has 0 aromatic heterocycles. The Balaban J connectivity index is 2.24. The van der Waals surface area contributed by atoms with Crippen LogP contribution in [-0.2, 0) is 0 Å². The van der Waals surface area contributed by atoms with Gasteiger partial charge in [0.05, 0.1) is 11.7 Å². The lowest BCUT2D eigenvalue weighted by atomic mass is 10.1. The van der Waals surface area contributed by atoms with Crippen LogP contribution in [0.4, 0.5) is 0 Å². The summed E-state index contributed by atoms with van der Waals surface area (Å²) in [7, 11) is 0. The standard InChI is InChI=1S/C14H18BrNO2S/c1-10(2)18-13-9-11(15)3-4-12(13)14(17)16-5-7-19-8-6-16/h3-4,9-10H,5-8H2,1-2H3. The molecule has 0 aliphatic carbocycles. The highest BCUT2D eigenvalue weighted by atomic mass is 79.9. The van der Waals surface area contributed by atoms with Gasteiger partial charge in [-0.2, -0.15) is 11.8 Å². The molecule has 19 heavy (non-hydrogen) atoms. The van der Waals surface area contributed by atoms with Crippen LogP contribution in [0.5, 0.6) is 5.75 Å². The maximum absolute atomic E-state index is 12.5. The van der Waals surface area contributed by atoms with E-state index in [4.69, 9.17) is 4.74 Å². The molecule has 1 fully saturated rings. The second kappa shape index (κ2) is 6.66. The molecular weight excluding hydrogens is 326 g/mol.